The predicted molar refractivity (Wildman–Crippen MR) is 129 cm³/mol. The van der Waals surface area contributed by atoms with Crippen LogP contribution in [0.4, 0.5) is 4.39 Å². The van der Waals surface area contributed by atoms with Crippen molar-refractivity contribution in [3.8, 4) is 5.75 Å². The molecule has 0 radical (unpaired) electrons. The van der Waals surface area contributed by atoms with Gasteiger partial charge in [0.2, 0.25) is 10.0 Å². The van der Waals surface area contributed by atoms with Gasteiger partial charge in [-0.25, -0.2) is 12.8 Å². The number of sulfonamides is 1. The number of likely N-dealkylation sites (N-methyl/N-ethyl adjacent to an activating group) is 1. The third kappa shape index (κ3) is 5.82. The van der Waals surface area contributed by atoms with Gasteiger partial charge in [0.1, 0.15) is 18.2 Å². The monoisotopic (exact) mass is 484 g/mol. The SMILES string of the molecule is CN(CCOc1ccc(S(=O)(=O)N2CCOCC2)cc1)C(c1ccccc1)c1ccc(F)cc1. The zero-order valence-electron chi connectivity index (χ0n) is 19.1. The van der Waals surface area contributed by atoms with E-state index >= 15 is 0 Å². The first kappa shape index (κ1) is 24.3. The predicted octanol–water partition coefficient (Wildman–Crippen LogP) is 3.95. The molecule has 1 aliphatic rings. The molecule has 4 rings (SSSR count). The highest BCUT2D eigenvalue weighted by Crippen LogP contribution is 2.28. The molecular formula is C26H29FN2O4S. The van der Waals surface area contributed by atoms with Crippen molar-refractivity contribution in [1.29, 1.82) is 0 Å². The van der Waals surface area contributed by atoms with Crippen LogP contribution in [0.15, 0.2) is 83.8 Å². The fraction of sp³-hybridized carbons (Fsp3) is 0.308. The topological polar surface area (TPSA) is 59.1 Å². The lowest BCUT2D eigenvalue weighted by atomic mass is 9.97. The summed E-state index contributed by atoms with van der Waals surface area (Å²) in [5, 5.41) is 0. The van der Waals surface area contributed by atoms with Crippen molar-refractivity contribution >= 4 is 10.0 Å². The summed E-state index contributed by atoms with van der Waals surface area (Å²) in [4.78, 5) is 2.40. The van der Waals surface area contributed by atoms with E-state index in [1.807, 2.05) is 25.2 Å². The number of benzene rings is 3. The molecule has 0 saturated carbocycles. The summed E-state index contributed by atoms with van der Waals surface area (Å²) in [6, 6.07) is 23.1. The van der Waals surface area contributed by atoms with Crippen LogP contribution in [0.3, 0.4) is 0 Å². The second-order valence-electron chi connectivity index (χ2n) is 8.18. The molecule has 0 bridgehead atoms. The van der Waals surface area contributed by atoms with E-state index in [4.69, 9.17) is 9.47 Å². The van der Waals surface area contributed by atoms with Crippen molar-refractivity contribution < 1.29 is 22.3 Å². The maximum absolute atomic E-state index is 13.5. The molecule has 1 fully saturated rings. The minimum absolute atomic E-state index is 0.0496. The van der Waals surface area contributed by atoms with Crippen molar-refractivity contribution in [2.75, 3.05) is 46.5 Å². The number of morpholine rings is 1. The Morgan fingerprint density at radius 3 is 2.21 bits per heavy atom. The quantitative estimate of drug-likeness (QED) is 0.460. The fourth-order valence-electron chi connectivity index (χ4n) is 4.06. The van der Waals surface area contributed by atoms with Gasteiger partial charge in [0.05, 0.1) is 24.2 Å². The highest BCUT2D eigenvalue weighted by Gasteiger charge is 2.26. The summed E-state index contributed by atoms with van der Waals surface area (Å²) in [5.41, 5.74) is 2.10. The van der Waals surface area contributed by atoms with Gasteiger partial charge in [-0.05, 0) is 54.6 Å². The number of hydrogen-bond acceptors (Lipinski definition) is 5. The molecule has 180 valence electrons. The summed E-state index contributed by atoms with van der Waals surface area (Å²) >= 11 is 0. The van der Waals surface area contributed by atoms with Crippen molar-refractivity contribution in [3.63, 3.8) is 0 Å². The van der Waals surface area contributed by atoms with Crippen molar-refractivity contribution in [3.05, 3.63) is 95.8 Å². The molecule has 0 amide bonds. The molecule has 1 saturated heterocycles. The van der Waals surface area contributed by atoms with Gasteiger partial charge in [0.15, 0.2) is 0 Å². The fourth-order valence-corrected chi connectivity index (χ4v) is 5.47. The molecule has 0 spiro atoms. The Morgan fingerprint density at radius 1 is 0.941 bits per heavy atom. The van der Waals surface area contributed by atoms with E-state index in [9.17, 15) is 12.8 Å². The first-order valence-corrected chi connectivity index (χ1v) is 12.7. The number of nitrogens with zero attached hydrogens (tertiary/aromatic N) is 2. The van der Waals surface area contributed by atoms with Crippen LogP contribution in [0.25, 0.3) is 0 Å². The van der Waals surface area contributed by atoms with Crippen molar-refractivity contribution in [2.24, 2.45) is 0 Å². The normalized spacial score (nSPS) is 15.9. The Hall–Kier alpha value is -2.78. The minimum Gasteiger partial charge on any atom is -0.492 e. The van der Waals surface area contributed by atoms with Crippen LogP contribution in [-0.2, 0) is 14.8 Å². The van der Waals surface area contributed by atoms with Gasteiger partial charge in [-0.1, -0.05) is 42.5 Å². The third-order valence-corrected chi connectivity index (χ3v) is 7.80. The molecule has 1 atom stereocenters. The lowest BCUT2D eigenvalue weighted by molar-refractivity contribution is 0.0730. The van der Waals surface area contributed by atoms with Gasteiger partial charge in [-0.2, -0.15) is 4.31 Å². The summed E-state index contributed by atoms with van der Waals surface area (Å²) in [7, 11) is -1.52. The summed E-state index contributed by atoms with van der Waals surface area (Å²) in [5.74, 6) is 0.341. The second kappa shape index (κ2) is 11.1. The molecule has 6 nitrogen and oxygen atoms in total. The molecule has 8 heteroatoms. The molecular weight excluding hydrogens is 455 g/mol. The zero-order chi connectivity index (χ0) is 24.0. The molecule has 0 N–H and O–H groups in total. The van der Waals surface area contributed by atoms with E-state index in [2.05, 4.69) is 17.0 Å². The van der Waals surface area contributed by atoms with Crippen LogP contribution in [-0.4, -0.2) is 64.1 Å². The van der Waals surface area contributed by atoms with Crippen molar-refractivity contribution in [2.45, 2.75) is 10.9 Å². The molecule has 0 aliphatic carbocycles. The van der Waals surface area contributed by atoms with Crippen LogP contribution in [0.5, 0.6) is 5.75 Å². The highest BCUT2D eigenvalue weighted by atomic mass is 32.2. The Bertz CT molecular complexity index is 1150. The summed E-state index contributed by atoms with van der Waals surface area (Å²) in [6.45, 7) is 2.58. The maximum atomic E-state index is 13.5. The standard InChI is InChI=1S/C26H29FN2O4S/c1-28(26(21-5-3-2-4-6-21)22-7-9-23(27)10-8-22)15-20-33-24-11-13-25(14-12-24)34(30,31)29-16-18-32-19-17-29/h2-14,26H,15-20H2,1H3. The Morgan fingerprint density at radius 2 is 1.56 bits per heavy atom. The van der Waals surface area contributed by atoms with Crippen LogP contribution in [0.1, 0.15) is 17.2 Å². The average Bonchev–Trinajstić information content (AvgIpc) is 2.87. The number of rotatable bonds is 9. The van der Waals surface area contributed by atoms with E-state index in [1.165, 1.54) is 16.4 Å². The van der Waals surface area contributed by atoms with Gasteiger partial charge < -0.3 is 9.47 Å². The molecule has 1 aliphatic heterocycles. The van der Waals surface area contributed by atoms with Gasteiger partial charge in [0.25, 0.3) is 0 Å². The lowest BCUT2D eigenvalue weighted by Crippen LogP contribution is -2.40. The number of halogens is 1. The maximum Gasteiger partial charge on any atom is 0.243 e. The summed E-state index contributed by atoms with van der Waals surface area (Å²) in [6.07, 6.45) is 0. The Kier molecular flexibility index (Phi) is 7.95. The van der Waals surface area contributed by atoms with Crippen LogP contribution in [0.2, 0.25) is 0 Å². The third-order valence-electron chi connectivity index (χ3n) is 5.89. The van der Waals surface area contributed by atoms with Crippen LogP contribution < -0.4 is 4.74 Å². The molecule has 1 unspecified atom stereocenters. The smallest absolute Gasteiger partial charge is 0.243 e. The van der Waals surface area contributed by atoms with E-state index in [0.717, 1.165) is 11.1 Å². The summed E-state index contributed by atoms with van der Waals surface area (Å²) < 4.78 is 51.6. The molecule has 34 heavy (non-hydrogen) atoms. The molecule has 0 aromatic heterocycles. The number of ether oxygens (including phenoxy) is 2. The second-order valence-corrected chi connectivity index (χ2v) is 10.1. The van der Waals surface area contributed by atoms with Gasteiger partial charge >= 0.3 is 0 Å². The lowest BCUT2D eigenvalue weighted by Gasteiger charge is -2.29. The van der Waals surface area contributed by atoms with E-state index in [0.29, 0.717) is 45.2 Å². The average molecular weight is 485 g/mol. The van der Waals surface area contributed by atoms with Gasteiger partial charge in [-0.3, -0.25) is 4.90 Å². The number of hydrogen-bond donors (Lipinski definition) is 0. The van der Waals surface area contributed by atoms with Gasteiger partial charge in [-0.15, -0.1) is 0 Å². The zero-order valence-corrected chi connectivity index (χ0v) is 20.0. The van der Waals surface area contributed by atoms with Crippen molar-refractivity contribution in [1.82, 2.24) is 9.21 Å². The highest BCUT2D eigenvalue weighted by molar-refractivity contribution is 7.89. The van der Waals surface area contributed by atoms with Crippen LogP contribution >= 0.6 is 0 Å². The first-order valence-electron chi connectivity index (χ1n) is 11.3. The van der Waals surface area contributed by atoms with Gasteiger partial charge in [0, 0.05) is 19.6 Å². The minimum atomic E-state index is -3.53. The Labute approximate surface area is 200 Å². The Balaban J connectivity index is 1.39. The van der Waals surface area contributed by atoms with E-state index in [1.54, 1.807) is 36.4 Å². The largest absolute Gasteiger partial charge is 0.492 e. The molecule has 3 aromatic carbocycles. The van der Waals surface area contributed by atoms with Crippen LogP contribution in [0, 0.1) is 5.82 Å². The van der Waals surface area contributed by atoms with E-state index < -0.39 is 10.0 Å². The molecule has 3 aromatic rings. The van der Waals surface area contributed by atoms with E-state index in [-0.39, 0.29) is 16.8 Å². The molecule has 1 heterocycles. The first-order chi connectivity index (χ1) is 16.4.